The largest absolute Gasteiger partial charge is 0.338 e. The van der Waals surface area contributed by atoms with Gasteiger partial charge in [-0.25, -0.2) is 8.78 Å². The van der Waals surface area contributed by atoms with Crippen LogP contribution in [0.3, 0.4) is 0 Å². The van der Waals surface area contributed by atoms with Crippen LogP contribution in [0.25, 0.3) is 11.1 Å². The Morgan fingerprint density at radius 2 is 1.87 bits per heavy atom. The Bertz CT molecular complexity index is 1360. The average Bonchev–Trinajstić information content (AvgIpc) is 3.34. The molecule has 3 unspecified atom stereocenters. The van der Waals surface area contributed by atoms with Gasteiger partial charge in [-0.15, -0.1) is 0 Å². The fourth-order valence-corrected chi connectivity index (χ4v) is 7.34. The topological polar surface area (TPSA) is 103 Å². The molecule has 200 valence electrons. The highest BCUT2D eigenvalue weighted by molar-refractivity contribution is 7.85. The lowest BCUT2D eigenvalue weighted by Gasteiger charge is -2.24. The van der Waals surface area contributed by atoms with Crippen LogP contribution < -0.4 is 5.32 Å². The van der Waals surface area contributed by atoms with Crippen LogP contribution in [0.2, 0.25) is 5.02 Å². The second-order valence-electron chi connectivity index (χ2n) is 10.5. The Labute approximate surface area is 227 Å². The maximum atomic E-state index is 13.8. The number of nitriles is 1. The monoisotopic (exact) mass is 560 g/mol. The first-order valence-electron chi connectivity index (χ1n) is 12.5. The lowest BCUT2D eigenvalue weighted by molar-refractivity contribution is -0.141. The fourth-order valence-electron chi connectivity index (χ4n) is 5.35. The van der Waals surface area contributed by atoms with Gasteiger partial charge in [0, 0.05) is 30.1 Å². The van der Waals surface area contributed by atoms with Crippen LogP contribution in [-0.2, 0) is 20.4 Å². The van der Waals surface area contributed by atoms with Gasteiger partial charge in [-0.05, 0) is 68.0 Å². The highest BCUT2D eigenvalue weighted by atomic mass is 35.5. The number of aromatic nitrogens is 1. The van der Waals surface area contributed by atoms with Crippen LogP contribution in [0.4, 0.5) is 8.78 Å². The third-order valence-electron chi connectivity index (χ3n) is 7.66. The maximum Gasteiger partial charge on any atom is 0.267 e. The third-order valence-corrected chi connectivity index (χ3v) is 9.87. The summed E-state index contributed by atoms with van der Waals surface area (Å²) in [6.45, 7) is 1.10. The molecule has 1 N–H and O–H groups in total. The SMILES string of the molecule is Cc1cc(-c2ccc(S(=O)C3CC(C(=O)N4CCC(F)(F)C4)[C@H](C(=O)NC4(C#N)CC4)C3)c(Cl)c2)ccn1. The first-order valence-corrected chi connectivity index (χ1v) is 14.1. The van der Waals surface area contributed by atoms with Gasteiger partial charge < -0.3 is 10.2 Å². The molecular weight excluding hydrogens is 534 g/mol. The van der Waals surface area contributed by atoms with E-state index in [1.165, 1.54) is 0 Å². The zero-order valence-electron chi connectivity index (χ0n) is 20.8. The lowest BCUT2D eigenvalue weighted by atomic mass is 9.93. The highest BCUT2D eigenvalue weighted by Crippen LogP contribution is 2.42. The van der Waals surface area contributed by atoms with E-state index in [0.29, 0.717) is 22.8 Å². The Kier molecular flexibility index (Phi) is 7.03. The number of halogens is 3. The average molecular weight is 561 g/mol. The van der Waals surface area contributed by atoms with Crippen molar-refractivity contribution in [2.24, 2.45) is 11.8 Å². The van der Waals surface area contributed by atoms with Crippen LogP contribution in [0, 0.1) is 30.1 Å². The Balaban J connectivity index is 1.38. The van der Waals surface area contributed by atoms with E-state index in [1.54, 1.807) is 18.3 Å². The zero-order chi connectivity index (χ0) is 27.2. The summed E-state index contributed by atoms with van der Waals surface area (Å²) >= 11 is 6.56. The van der Waals surface area contributed by atoms with Crippen molar-refractivity contribution in [3.63, 3.8) is 0 Å². The molecule has 2 heterocycles. The summed E-state index contributed by atoms with van der Waals surface area (Å²) in [6.07, 6.45) is 2.55. The summed E-state index contributed by atoms with van der Waals surface area (Å²) < 4.78 is 41.4. The summed E-state index contributed by atoms with van der Waals surface area (Å²) in [6, 6.07) is 11.1. The molecule has 5 rings (SSSR count). The maximum absolute atomic E-state index is 13.8. The van der Waals surface area contributed by atoms with Crippen LogP contribution >= 0.6 is 11.6 Å². The first kappa shape index (κ1) is 26.7. The van der Waals surface area contributed by atoms with Crippen molar-refractivity contribution in [1.82, 2.24) is 15.2 Å². The molecular formula is C27H27ClF2N4O3S. The number of hydrogen-bond acceptors (Lipinski definition) is 5. The summed E-state index contributed by atoms with van der Waals surface area (Å²) in [7, 11) is -1.65. The normalized spacial score (nSPS) is 26.0. The molecule has 3 fully saturated rings. The number of benzene rings is 1. The van der Waals surface area contributed by atoms with Crippen molar-refractivity contribution in [3.05, 3.63) is 47.2 Å². The molecule has 0 spiro atoms. The van der Waals surface area contributed by atoms with Crippen molar-refractivity contribution >= 4 is 34.2 Å². The van der Waals surface area contributed by atoms with E-state index >= 15 is 0 Å². The van der Waals surface area contributed by atoms with Crippen LogP contribution in [0.1, 0.15) is 37.8 Å². The van der Waals surface area contributed by atoms with Crippen molar-refractivity contribution in [3.8, 4) is 17.2 Å². The first-order chi connectivity index (χ1) is 18.0. The number of carbonyl (C=O) groups is 2. The Morgan fingerprint density at radius 1 is 1.16 bits per heavy atom. The number of hydrogen-bond donors (Lipinski definition) is 1. The van der Waals surface area contributed by atoms with Crippen molar-refractivity contribution in [1.29, 1.82) is 5.26 Å². The van der Waals surface area contributed by atoms with E-state index in [0.717, 1.165) is 21.7 Å². The summed E-state index contributed by atoms with van der Waals surface area (Å²) in [5.74, 6) is -5.73. The molecule has 1 saturated heterocycles. The number of nitrogens with zero attached hydrogens (tertiary/aromatic N) is 3. The fraction of sp³-hybridized carbons (Fsp3) is 0.481. The van der Waals surface area contributed by atoms with Gasteiger partial charge in [0.25, 0.3) is 5.92 Å². The molecule has 38 heavy (non-hydrogen) atoms. The number of amides is 2. The standard InChI is InChI=1S/C27H27ClF2N4O3S/c1-16-10-18(4-8-32-16)17-2-3-23(22(28)11-17)38(37)19-12-20(24(35)33-26(14-31)5-6-26)21(13-19)25(36)34-9-7-27(29,30)15-34/h2-4,8,10-11,19-21H,5-7,9,12-13,15H2,1H3,(H,33,35)/t19?,20-,21?,38?/m1/s1. The predicted octanol–water partition coefficient (Wildman–Crippen LogP) is 4.25. The van der Waals surface area contributed by atoms with Crippen LogP contribution in [-0.4, -0.2) is 55.7 Å². The number of nitrogens with one attached hydrogen (secondary N) is 1. The molecule has 2 aromatic rings. The minimum absolute atomic E-state index is 0.0890. The quantitative estimate of drug-likeness (QED) is 0.569. The molecule has 7 nitrogen and oxygen atoms in total. The molecule has 1 aliphatic heterocycles. The predicted molar refractivity (Wildman–Crippen MR) is 138 cm³/mol. The molecule has 2 aliphatic carbocycles. The van der Waals surface area contributed by atoms with E-state index in [2.05, 4.69) is 16.4 Å². The molecule has 2 amide bonds. The summed E-state index contributed by atoms with van der Waals surface area (Å²) in [5.41, 5.74) is 1.65. The third kappa shape index (κ3) is 5.32. The van der Waals surface area contributed by atoms with E-state index in [4.69, 9.17) is 11.6 Å². The smallest absolute Gasteiger partial charge is 0.267 e. The summed E-state index contributed by atoms with van der Waals surface area (Å²) in [4.78, 5) is 32.2. The molecule has 0 bridgehead atoms. The number of rotatable bonds is 6. The molecule has 2 saturated carbocycles. The number of carbonyl (C=O) groups excluding carboxylic acids is 2. The highest BCUT2D eigenvalue weighted by Gasteiger charge is 2.52. The Morgan fingerprint density at radius 3 is 2.47 bits per heavy atom. The van der Waals surface area contributed by atoms with Gasteiger partial charge in [0.1, 0.15) is 5.54 Å². The van der Waals surface area contributed by atoms with Gasteiger partial charge >= 0.3 is 0 Å². The molecule has 1 aromatic carbocycles. The van der Waals surface area contributed by atoms with Crippen molar-refractivity contribution in [2.75, 3.05) is 13.1 Å². The molecule has 3 aliphatic rings. The number of pyridine rings is 1. The van der Waals surface area contributed by atoms with Crippen molar-refractivity contribution < 1.29 is 22.6 Å². The zero-order valence-corrected chi connectivity index (χ0v) is 22.3. The van der Waals surface area contributed by atoms with E-state index in [-0.39, 0.29) is 19.4 Å². The van der Waals surface area contributed by atoms with Gasteiger partial charge in [0.2, 0.25) is 11.8 Å². The van der Waals surface area contributed by atoms with Gasteiger partial charge in [0.15, 0.2) is 0 Å². The summed E-state index contributed by atoms with van der Waals surface area (Å²) in [5, 5.41) is 11.9. The van der Waals surface area contributed by atoms with Crippen molar-refractivity contribution in [2.45, 2.75) is 60.6 Å². The van der Waals surface area contributed by atoms with Gasteiger partial charge in [-0.2, -0.15) is 5.26 Å². The van der Waals surface area contributed by atoms with Gasteiger partial charge in [0.05, 0.1) is 45.2 Å². The molecule has 4 atom stereocenters. The number of aryl methyl sites for hydroxylation is 1. The molecule has 1 aromatic heterocycles. The minimum atomic E-state index is -2.96. The van der Waals surface area contributed by atoms with E-state index in [9.17, 15) is 27.8 Å². The van der Waals surface area contributed by atoms with Gasteiger partial charge in [-0.3, -0.25) is 18.8 Å². The van der Waals surface area contributed by atoms with Crippen LogP contribution in [0.5, 0.6) is 0 Å². The second kappa shape index (κ2) is 10.0. The minimum Gasteiger partial charge on any atom is -0.338 e. The van der Waals surface area contributed by atoms with E-state index < -0.39 is 64.1 Å². The van der Waals surface area contributed by atoms with Crippen LogP contribution in [0.15, 0.2) is 41.4 Å². The molecule has 0 radical (unpaired) electrons. The van der Waals surface area contributed by atoms with E-state index in [1.807, 2.05) is 25.1 Å². The number of likely N-dealkylation sites (tertiary alicyclic amines) is 1. The lowest BCUT2D eigenvalue weighted by Crippen LogP contribution is -2.45. The van der Waals surface area contributed by atoms with Gasteiger partial charge in [-0.1, -0.05) is 17.7 Å². The Hall–Kier alpha value is -2.90. The number of alkyl halides is 2. The second-order valence-corrected chi connectivity index (χ2v) is 12.6. The molecule has 11 heteroatoms.